The Morgan fingerprint density at radius 1 is 1.52 bits per heavy atom. The van der Waals surface area contributed by atoms with Gasteiger partial charge < -0.3 is 18.7 Å². The molecule has 1 atom stereocenters. The second-order valence-electron chi connectivity index (χ2n) is 5.88. The normalized spacial score (nSPS) is 18.3. The number of carbonyl (C=O) groups is 1. The summed E-state index contributed by atoms with van der Waals surface area (Å²) in [5.41, 5.74) is 0.380. The number of imidazole rings is 1. The third-order valence-corrected chi connectivity index (χ3v) is 4.20. The summed E-state index contributed by atoms with van der Waals surface area (Å²) >= 11 is 0. The number of nitrogens with zero attached hydrogens (tertiary/aromatic N) is 4. The number of amides is 1. The summed E-state index contributed by atoms with van der Waals surface area (Å²) in [6.45, 7) is 4.62. The molecule has 0 N–H and O–H groups in total. The van der Waals surface area contributed by atoms with Crippen LogP contribution in [0.1, 0.15) is 40.8 Å². The predicted molar refractivity (Wildman–Crippen MR) is 83.2 cm³/mol. The molecule has 23 heavy (non-hydrogen) atoms. The van der Waals surface area contributed by atoms with Crippen LogP contribution in [-0.4, -0.2) is 52.3 Å². The highest BCUT2D eigenvalue weighted by atomic mass is 16.5. The van der Waals surface area contributed by atoms with Gasteiger partial charge in [0.15, 0.2) is 5.69 Å². The summed E-state index contributed by atoms with van der Waals surface area (Å²) in [5.74, 6) is 1.85. The number of rotatable bonds is 5. The van der Waals surface area contributed by atoms with Crippen molar-refractivity contribution in [2.45, 2.75) is 32.2 Å². The maximum atomic E-state index is 12.5. The van der Waals surface area contributed by atoms with Crippen LogP contribution in [0.15, 0.2) is 23.0 Å². The molecule has 0 aromatic carbocycles. The number of aryl methyl sites for hydroxylation is 1. The van der Waals surface area contributed by atoms with Gasteiger partial charge in [-0.3, -0.25) is 4.79 Å². The monoisotopic (exact) mass is 318 g/mol. The number of hydrogen-bond acceptors (Lipinski definition) is 5. The van der Waals surface area contributed by atoms with E-state index in [4.69, 9.17) is 9.26 Å². The lowest BCUT2D eigenvalue weighted by Crippen LogP contribution is -2.40. The van der Waals surface area contributed by atoms with E-state index in [0.29, 0.717) is 24.6 Å². The fraction of sp³-hybridized carbons (Fsp3) is 0.562. The first-order valence-corrected chi connectivity index (χ1v) is 7.91. The minimum Gasteiger partial charge on any atom is -0.383 e. The molecule has 2 aromatic heterocycles. The van der Waals surface area contributed by atoms with Crippen molar-refractivity contribution in [2.24, 2.45) is 0 Å². The molecule has 7 heteroatoms. The fourth-order valence-corrected chi connectivity index (χ4v) is 3.06. The number of ether oxygens (including phenoxy) is 1. The number of hydrogen-bond donors (Lipinski definition) is 0. The molecule has 0 saturated carbocycles. The maximum absolute atomic E-state index is 12.5. The summed E-state index contributed by atoms with van der Waals surface area (Å²) < 4.78 is 12.3. The molecule has 0 bridgehead atoms. The minimum absolute atomic E-state index is 0.0680. The van der Waals surface area contributed by atoms with Crippen LogP contribution in [0.5, 0.6) is 0 Å². The van der Waals surface area contributed by atoms with Crippen molar-refractivity contribution in [3.05, 3.63) is 35.7 Å². The molecule has 3 rings (SSSR count). The summed E-state index contributed by atoms with van der Waals surface area (Å²) in [6, 6.07) is 1.69. The number of carbonyl (C=O) groups excluding carboxylic acids is 1. The summed E-state index contributed by atoms with van der Waals surface area (Å²) in [7, 11) is 1.69. The standard InChI is InChI=1S/C16H22N4O3/c1-12-10-14(18-23-12)16(21)20-6-3-4-13(11-20)15-17-5-7-19(15)8-9-22-2/h5,7,10,13H,3-4,6,8-9,11H2,1-2H3/t13-/m1/s1. The lowest BCUT2D eigenvalue weighted by atomic mass is 9.97. The quantitative estimate of drug-likeness (QED) is 0.841. The van der Waals surface area contributed by atoms with E-state index in [0.717, 1.165) is 31.8 Å². The van der Waals surface area contributed by atoms with Gasteiger partial charge in [-0.1, -0.05) is 5.16 Å². The van der Waals surface area contributed by atoms with Crippen molar-refractivity contribution < 1.29 is 14.1 Å². The Labute approximate surface area is 135 Å². The molecule has 7 nitrogen and oxygen atoms in total. The highest BCUT2D eigenvalue weighted by Gasteiger charge is 2.29. The van der Waals surface area contributed by atoms with Crippen molar-refractivity contribution in [1.29, 1.82) is 0 Å². The second-order valence-corrected chi connectivity index (χ2v) is 5.88. The third kappa shape index (κ3) is 3.44. The predicted octanol–water partition coefficient (Wildman–Crippen LogP) is 1.85. The van der Waals surface area contributed by atoms with E-state index in [1.807, 2.05) is 17.3 Å². The zero-order chi connectivity index (χ0) is 16.2. The largest absolute Gasteiger partial charge is 0.383 e. The van der Waals surface area contributed by atoms with Crippen LogP contribution in [0.3, 0.4) is 0 Å². The topological polar surface area (TPSA) is 73.4 Å². The van der Waals surface area contributed by atoms with Crippen molar-refractivity contribution in [2.75, 3.05) is 26.8 Å². The van der Waals surface area contributed by atoms with Crippen LogP contribution in [0.2, 0.25) is 0 Å². The van der Waals surface area contributed by atoms with Crippen LogP contribution in [0, 0.1) is 6.92 Å². The first-order valence-electron chi connectivity index (χ1n) is 7.91. The Hall–Kier alpha value is -2.15. The fourth-order valence-electron chi connectivity index (χ4n) is 3.06. The molecule has 1 fully saturated rings. The first-order chi connectivity index (χ1) is 11.2. The van der Waals surface area contributed by atoms with Gasteiger partial charge in [-0.25, -0.2) is 4.98 Å². The SMILES string of the molecule is COCCn1ccnc1[C@@H]1CCCN(C(=O)c2cc(C)on2)C1. The average Bonchev–Trinajstić information content (AvgIpc) is 3.21. The van der Waals surface area contributed by atoms with Gasteiger partial charge in [0, 0.05) is 51.1 Å². The molecule has 1 amide bonds. The van der Waals surface area contributed by atoms with Gasteiger partial charge in [0.05, 0.1) is 6.61 Å². The molecule has 0 aliphatic carbocycles. The molecule has 2 aromatic rings. The second kappa shape index (κ2) is 6.95. The summed E-state index contributed by atoms with van der Waals surface area (Å²) in [5, 5.41) is 3.83. The molecule has 0 spiro atoms. The van der Waals surface area contributed by atoms with Crippen molar-refractivity contribution in [3.8, 4) is 0 Å². The third-order valence-electron chi connectivity index (χ3n) is 4.20. The lowest BCUT2D eigenvalue weighted by Gasteiger charge is -2.32. The number of methoxy groups -OCH3 is 1. The van der Waals surface area contributed by atoms with Crippen molar-refractivity contribution in [1.82, 2.24) is 19.6 Å². The van der Waals surface area contributed by atoms with Gasteiger partial charge in [0.2, 0.25) is 0 Å². The van der Waals surface area contributed by atoms with Gasteiger partial charge >= 0.3 is 0 Å². The Balaban J connectivity index is 1.71. The van der Waals surface area contributed by atoms with Crippen LogP contribution >= 0.6 is 0 Å². The molecular weight excluding hydrogens is 296 g/mol. The van der Waals surface area contributed by atoms with Gasteiger partial charge in [-0.2, -0.15) is 0 Å². The lowest BCUT2D eigenvalue weighted by molar-refractivity contribution is 0.0692. The molecule has 1 aliphatic heterocycles. The molecule has 0 unspecified atom stereocenters. The maximum Gasteiger partial charge on any atom is 0.276 e. The Kier molecular flexibility index (Phi) is 4.76. The van der Waals surface area contributed by atoms with Gasteiger partial charge in [-0.05, 0) is 19.8 Å². The first kappa shape index (κ1) is 15.7. The zero-order valence-electron chi connectivity index (χ0n) is 13.6. The van der Waals surface area contributed by atoms with E-state index < -0.39 is 0 Å². The van der Waals surface area contributed by atoms with E-state index >= 15 is 0 Å². The number of likely N-dealkylation sites (tertiary alicyclic amines) is 1. The Morgan fingerprint density at radius 3 is 3.13 bits per heavy atom. The van der Waals surface area contributed by atoms with E-state index in [-0.39, 0.29) is 11.8 Å². The number of aromatic nitrogens is 3. The van der Waals surface area contributed by atoms with Crippen molar-refractivity contribution in [3.63, 3.8) is 0 Å². The molecule has 1 aliphatic rings. The van der Waals surface area contributed by atoms with Gasteiger partial charge in [0.25, 0.3) is 5.91 Å². The molecule has 1 saturated heterocycles. The van der Waals surface area contributed by atoms with E-state index in [2.05, 4.69) is 14.7 Å². The van der Waals surface area contributed by atoms with Crippen LogP contribution < -0.4 is 0 Å². The van der Waals surface area contributed by atoms with E-state index in [9.17, 15) is 4.79 Å². The molecular formula is C16H22N4O3. The van der Waals surface area contributed by atoms with Gasteiger partial charge in [-0.15, -0.1) is 0 Å². The molecule has 0 radical (unpaired) electrons. The average molecular weight is 318 g/mol. The smallest absolute Gasteiger partial charge is 0.276 e. The van der Waals surface area contributed by atoms with Gasteiger partial charge in [0.1, 0.15) is 11.6 Å². The van der Waals surface area contributed by atoms with E-state index in [1.54, 1.807) is 20.1 Å². The van der Waals surface area contributed by atoms with Crippen LogP contribution in [0.4, 0.5) is 0 Å². The van der Waals surface area contributed by atoms with Crippen LogP contribution in [0.25, 0.3) is 0 Å². The Bertz CT molecular complexity index is 664. The summed E-state index contributed by atoms with van der Waals surface area (Å²) in [6.07, 6.45) is 5.78. The Morgan fingerprint density at radius 2 is 2.39 bits per heavy atom. The minimum atomic E-state index is -0.0680. The van der Waals surface area contributed by atoms with Crippen molar-refractivity contribution >= 4 is 5.91 Å². The van der Waals surface area contributed by atoms with Crippen LogP contribution in [-0.2, 0) is 11.3 Å². The summed E-state index contributed by atoms with van der Waals surface area (Å²) in [4.78, 5) is 18.9. The number of piperidine rings is 1. The van der Waals surface area contributed by atoms with E-state index in [1.165, 1.54) is 0 Å². The molecule has 124 valence electrons. The highest BCUT2D eigenvalue weighted by Crippen LogP contribution is 2.26. The highest BCUT2D eigenvalue weighted by molar-refractivity contribution is 5.92. The molecule has 3 heterocycles. The zero-order valence-corrected chi connectivity index (χ0v) is 13.6.